The molecule has 1 aliphatic rings. The highest BCUT2D eigenvalue weighted by molar-refractivity contribution is 7.91. The third-order valence-corrected chi connectivity index (χ3v) is 7.53. The molecule has 0 aliphatic carbocycles. The van der Waals surface area contributed by atoms with Gasteiger partial charge in [-0.25, -0.2) is 13.1 Å². The number of hydrogen-bond donors (Lipinski definition) is 1. The van der Waals surface area contributed by atoms with Crippen LogP contribution in [0.2, 0.25) is 0 Å². The molecule has 1 N–H and O–H groups in total. The molecule has 0 atom stereocenters. The van der Waals surface area contributed by atoms with Crippen LogP contribution in [-0.2, 0) is 16.4 Å². The van der Waals surface area contributed by atoms with E-state index in [2.05, 4.69) is 33.9 Å². The van der Waals surface area contributed by atoms with Crippen molar-refractivity contribution in [3.63, 3.8) is 0 Å². The summed E-state index contributed by atoms with van der Waals surface area (Å²) in [5.74, 6) is 0. The van der Waals surface area contributed by atoms with Gasteiger partial charge >= 0.3 is 0 Å². The molecule has 0 amide bonds. The Bertz CT molecular complexity index is 776. The Kier molecular flexibility index (Phi) is 6.15. The molecule has 4 nitrogen and oxygen atoms in total. The second kappa shape index (κ2) is 8.34. The first kappa shape index (κ1) is 18.4. The van der Waals surface area contributed by atoms with Crippen LogP contribution in [0.5, 0.6) is 0 Å². The van der Waals surface area contributed by atoms with Crippen molar-refractivity contribution in [2.24, 2.45) is 0 Å². The van der Waals surface area contributed by atoms with Crippen LogP contribution in [-0.4, -0.2) is 28.1 Å². The monoisotopic (exact) mass is 378 g/mol. The molecule has 3 rings (SSSR count). The number of hydrogen-bond acceptors (Lipinski definition) is 4. The maximum Gasteiger partial charge on any atom is 0.250 e. The van der Waals surface area contributed by atoms with Crippen LogP contribution in [0.4, 0.5) is 5.69 Å². The molecule has 0 unspecified atom stereocenters. The van der Waals surface area contributed by atoms with Gasteiger partial charge in [-0.3, -0.25) is 0 Å². The van der Waals surface area contributed by atoms with E-state index >= 15 is 0 Å². The Morgan fingerprint density at radius 3 is 2.40 bits per heavy atom. The van der Waals surface area contributed by atoms with Gasteiger partial charge in [0, 0.05) is 30.2 Å². The topological polar surface area (TPSA) is 49.4 Å². The second-order valence-corrected chi connectivity index (χ2v) is 9.86. The van der Waals surface area contributed by atoms with Crippen LogP contribution in [0.3, 0.4) is 0 Å². The first-order valence-corrected chi connectivity index (χ1v) is 11.2. The van der Waals surface area contributed by atoms with Crippen LogP contribution in [0, 0.1) is 6.92 Å². The molecule has 2 aromatic rings. The van der Waals surface area contributed by atoms with Gasteiger partial charge in [-0.1, -0.05) is 12.1 Å². The van der Waals surface area contributed by atoms with Crippen molar-refractivity contribution < 1.29 is 8.42 Å². The summed E-state index contributed by atoms with van der Waals surface area (Å²) in [6.45, 7) is 4.69. The van der Waals surface area contributed by atoms with Crippen LogP contribution >= 0.6 is 11.3 Å². The summed E-state index contributed by atoms with van der Waals surface area (Å²) in [7, 11) is -3.35. The van der Waals surface area contributed by atoms with Crippen LogP contribution in [0.15, 0.2) is 40.6 Å². The average molecular weight is 379 g/mol. The molecule has 0 bridgehead atoms. The summed E-state index contributed by atoms with van der Waals surface area (Å²) in [6, 6.07) is 12.2. The molecule has 0 saturated carbocycles. The van der Waals surface area contributed by atoms with Gasteiger partial charge in [-0.2, -0.15) is 0 Å². The van der Waals surface area contributed by atoms with Gasteiger partial charge in [-0.15, -0.1) is 11.3 Å². The lowest BCUT2D eigenvalue weighted by atomic mass is 10.1. The minimum absolute atomic E-state index is 0.399. The normalized spacial score (nSPS) is 15.5. The number of sulfonamides is 1. The zero-order chi connectivity index (χ0) is 17.7. The number of rotatable bonds is 7. The standard InChI is InChI=1S/C19H26N2O2S2/c1-16-7-12-19(24-16)25(22,23)20-13-5-6-17-8-10-18(11-9-17)21-14-3-2-4-15-21/h7-12,20H,2-6,13-15H2,1H3. The zero-order valence-electron chi connectivity index (χ0n) is 14.7. The molecule has 2 heterocycles. The van der Waals surface area contributed by atoms with Gasteiger partial charge in [0.05, 0.1) is 0 Å². The quantitative estimate of drug-likeness (QED) is 0.742. The number of aryl methyl sites for hydroxylation is 2. The number of anilines is 1. The van der Waals surface area contributed by atoms with Crippen molar-refractivity contribution in [2.45, 2.75) is 43.2 Å². The predicted molar refractivity (Wildman–Crippen MR) is 105 cm³/mol. The molecule has 1 fully saturated rings. The fraction of sp³-hybridized carbons (Fsp3) is 0.474. The largest absolute Gasteiger partial charge is 0.372 e. The zero-order valence-corrected chi connectivity index (χ0v) is 16.3. The fourth-order valence-corrected chi connectivity index (χ4v) is 5.55. The van der Waals surface area contributed by atoms with Gasteiger partial charge in [0.1, 0.15) is 4.21 Å². The summed E-state index contributed by atoms with van der Waals surface area (Å²) in [4.78, 5) is 3.46. The van der Waals surface area contributed by atoms with Gasteiger partial charge < -0.3 is 4.90 Å². The summed E-state index contributed by atoms with van der Waals surface area (Å²) in [5.41, 5.74) is 2.56. The molecule has 25 heavy (non-hydrogen) atoms. The summed E-state index contributed by atoms with van der Waals surface area (Å²) in [5, 5.41) is 0. The van der Waals surface area contributed by atoms with Crippen molar-refractivity contribution in [3.8, 4) is 0 Å². The van der Waals surface area contributed by atoms with E-state index < -0.39 is 10.0 Å². The lowest BCUT2D eigenvalue weighted by Gasteiger charge is -2.28. The maximum absolute atomic E-state index is 12.2. The average Bonchev–Trinajstić information content (AvgIpc) is 3.07. The fourth-order valence-electron chi connectivity index (χ4n) is 3.15. The predicted octanol–water partition coefficient (Wildman–Crippen LogP) is 3.96. The van der Waals surface area contributed by atoms with Crippen LogP contribution < -0.4 is 9.62 Å². The molecule has 0 radical (unpaired) electrons. The van der Waals surface area contributed by atoms with E-state index in [1.54, 1.807) is 6.07 Å². The molecule has 1 aromatic carbocycles. The Balaban J connectivity index is 1.46. The minimum Gasteiger partial charge on any atom is -0.372 e. The minimum atomic E-state index is -3.35. The lowest BCUT2D eigenvalue weighted by molar-refractivity contribution is 0.577. The lowest BCUT2D eigenvalue weighted by Crippen LogP contribution is -2.29. The second-order valence-electron chi connectivity index (χ2n) is 6.58. The van der Waals surface area contributed by atoms with Crippen molar-refractivity contribution in [1.29, 1.82) is 0 Å². The Hall–Kier alpha value is -1.37. The summed E-state index contributed by atoms with van der Waals surface area (Å²) in [6.07, 6.45) is 5.59. The molecule has 136 valence electrons. The van der Waals surface area contributed by atoms with E-state index in [0.29, 0.717) is 10.8 Å². The van der Waals surface area contributed by atoms with Gasteiger partial charge in [0.25, 0.3) is 0 Å². The number of thiophene rings is 1. The smallest absolute Gasteiger partial charge is 0.250 e. The number of nitrogens with one attached hydrogen (secondary N) is 1. The number of piperidine rings is 1. The van der Waals surface area contributed by atoms with Crippen molar-refractivity contribution in [3.05, 3.63) is 46.8 Å². The van der Waals surface area contributed by atoms with E-state index in [-0.39, 0.29) is 0 Å². The van der Waals surface area contributed by atoms with E-state index in [4.69, 9.17) is 0 Å². The highest BCUT2D eigenvalue weighted by Crippen LogP contribution is 2.21. The van der Waals surface area contributed by atoms with E-state index in [1.807, 2.05) is 13.0 Å². The molecule has 1 aliphatic heterocycles. The molecule has 0 spiro atoms. The first-order valence-electron chi connectivity index (χ1n) is 8.95. The van der Waals surface area contributed by atoms with Gasteiger partial charge in [0.15, 0.2) is 0 Å². The third-order valence-electron chi connectivity index (χ3n) is 4.57. The highest BCUT2D eigenvalue weighted by Gasteiger charge is 2.15. The van der Waals surface area contributed by atoms with Gasteiger partial charge in [-0.05, 0) is 68.9 Å². The first-order chi connectivity index (χ1) is 12.0. The summed E-state index contributed by atoms with van der Waals surface area (Å²) < 4.78 is 27.4. The van der Waals surface area contributed by atoms with Crippen LogP contribution in [0.25, 0.3) is 0 Å². The molecule has 1 saturated heterocycles. The Morgan fingerprint density at radius 2 is 1.76 bits per heavy atom. The van der Waals surface area contributed by atoms with E-state index in [9.17, 15) is 8.42 Å². The Morgan fingerprint density at radius 1 is 1.04 bits per heavy atom. The maximum atomic E-state index is 12.2. The third kappa shape index (κ3) is 5.06. The van der Waals surface area contributed by atoms with Crippen LogP contribution in [0.1, 0.15) is 36.1 Å². The Labute approximate surface area is 154 Å². The highest BCUT2D eigenvalue weighted by atomic mass is 32.2. The van der Waals surface area contributed by atoms with E-state index in [1.165, 1.54) is 41.9 Å². The van der Waals surface area contributed by atoms with Crippen molar-refractivity contribution in [2.75, 3.05) is 24.5 Å². The molecular weight excluding hydrogens is 352 g/mol. The number of nitrogens with zero attached hydrogens (tertiary/aromatic N) is 1. The number of benzene rings is 1. The summed E-state index contributed by atoms with van der Waals surface area (Å²) >= 11 is 1.31. The SMILES string of the molecule is Cc1ccc(S(=O)(=O)NCCCc2ccc(N3CCCCC3)cc2)s1. The van der Waals surface area contributed by atoms with Crippen molar-refractivity contribution >= 4 is 27.0 Å². The molecule has 1 aromatic heterocycles. The molecular formula is C19H26N2O2S2. The van der Waals surface area contributed by atoms with Crippen molar-refractivity contribution in [1.82, 2.24) is 4.72 Å². The van der Waals surface area contributed by atoms with E-state index in [0.717, 1.165) is 30.8 Å². The van der Waals surface area contributed by atoms with Gasteiger partial charge in [0.2, 0.25) is 10.0 Å². The molecule has 6 heteroatoms.